The molecule has 0 spiro atoms. The molecule has 0 atom stereocenters. The Morgan fingerprint density at radius 3 is 2.54 bits per heavy atom. The largest absolute Gasteiger partial charge is 0.342 e. The minimum absolute atomic E-state index is 0.212. The van der Waals surface area contributed by atoms with E-state index >= 15 is 0 Å². The molecular weight excluding hydrogens is 366 g/mol. The summed E-state index contributed by atoms with van der Waals surface area (Å²) < 4.78 is 0. The number of thioether (sulfide) groups is 1. The van der Waals surface area contributed by atoms with Crippen molar-refractivity contribution >= 4 is 28.6 Å². The van der Waals surface area contributed by atoms with Gasteiger partial charge in [-0.2, -0.15) is 0 Å². The van der Waals surface area contributed by atoms with Gasteiger partial charge in [0.15, 0.2) is 0 Å². The molecule has 28 heavy (non-hydrogen) atoms. The third kappa shape index (κ3) is 4.53. The number of aryl methyl sites for hydroxylation is 1. The Morgan fingerprint density at radius 2 is 1.75 bits per heavy atom. The number of likely N-dealkylation sites (tertiary alicyclic amines) is 1. The molecule has 144 valence electrons. The lowest BCUT2D eigenvalue weighted by atomic mass is 9.90. The zero-order chi connectivity index (χ0) is 19.3. The molecule has 1 fully saturated rings. The average Bonchev–Trinajstić information content (AvgIpc) is 2.73. The van der Waals surface area contributed by atoms with Gasteiger partial charge in [-0.05, 0) is 43.7 Å². The van der Waals surface area contributed by atoms with Gasteiger partial charge >= 0.3 is 0 Å². The van der Waals surface area contributed by atoms with Crippen LogP contribution in [0.15, 0.2) is 59.6 Å². The van der Waals surface area contributed by atoms with Gasteiger partial charge in [-0.25, -0.2) is 9.97 Å². The molecule has 5 heteroatoms. The minimum atomic E-state index is 0.212. The first-order chi connectivity index (χ1) is 13.7. The maximum absolute atomic E-state index is 12.7. The van der Waals surface area contributed by atoms with Crippen molar-refractivity contribution in [2.45, 2.75) is 31.2 Å². The summed E-state index contributed by atoms with van der Waals surface area (Å²) in [5.41, 5.74) is 2.33. The average molecular weight is 392 g/mol. The fourth-order valence-electron chi connectivity index (χ4n) is 3.82. The van der Waals surface area contributed by atoms with Crippen LogP contribution in [0.25, 0.3) is 10.9 Å². The maximum atomic E-state index is 12.7. The second-order valence-corrected chi connectivity index (χ2v) is 8.36. The zero-order valence-electron chi connectivity index (χ0n) is 16.2. The molecule has 1 aliphatic rings. The van der Waals surface area contributed by atoms with Crippen LogP contribution in [-0.2, 0) is 11.2 Å². The molecule has 1 aromatic heterocycles. The van der Waals surface area contributed by atoms with Crippen LogP contribution in [0.4, 0.5) is 0 Å². The molecule has 0 N–H and O–H groups in total. The van der Waals surface area contributed by atoms with Crippen molar-refractivity contribution in [3.63, 3.8) is 0 Å². The van der Waals surface area contributed by atoms with Crippen LogP contribution < -0.4 is 0 Å². The molecule has 1 saturated heterocycles. The van der Waals surface area contributed by atoms with E-state index in [4.69, 9.17) is 0 Å². The molecule has 0 radical (unpaired) electrons. The summed E-state index contributed by atoms with van der Waals surface area (Å²) in [5.74, 6) is 2.07. The lowest BCUT2D eigenvalue weighted by molar-refractivity contribution is -0.129. The molecular formula is C23H25N3OS. The van der Waals surface area contributed by atoms with Gasteiger partial charge in [-0.1, -0.05) is 60.3 Å². The third-order valence-electron chi connectivity index (χ3n) is 5.35. The van der Waals surface area contributed by atoms with E-state index in [1.165, 1.54) is 17.3 Å². The van der Waals surface area contributed by atoms with Crippen LogP contribution in [-0.4, -0.2) is 39.6 Å². The second-order valence-electron chi connectivity index (χ2n) is 7.40. The van der Waals surface area contributed by atoms with E-state index in [0.29, 0.717) is 11.7 Å². The fraction of sp³-hybridized carbons (Fsp3) is 0.348. The SMILES string of the molecule is Cc1nc(SCC(=O)N2CCC(Cc3ccccc3)CC2)c2ccccc2n1. The van der Waals surface area contributed by atoms with E-state index in [1.54, 1.807) is 0 Å². The number of amides is 1. The number of hydrogen-bond acceptors (Lipinski definition) is 4. The van der Waals surface area contributed by atoms with E-state index in [0.717, 1.165) is 54.1 Å². The lowest BCUT2D eigenvalue weighted by Gasteiger charge is -2.32. The van der Waals surface area contributed by atoms with Crippen LogP contribution >= 0.6 is 11.8 Å². The highest BCUT2D eigenvalue weighted by molar-refractivity contribution is 8.00. The summed E-state index contributed by atoms with van der Waals surface area (Å²) in [6, 6.07) is 18.6. The van der Waals surface area contributed by atoms with Crippen molar-refractivity contribution < 1.29 is 4.79 Å². The highest BCUT2D eigenvalue weighted by atomic mass is 32.2. The Balaban J connectivity index is 1.32. The van der Waals surface area contributed by atoms with Gasteiger partial charge in [0, 0.05) is 18.5 Å². The van der Waals surface area contributed by atoms with Crippen LogP contribution in [0.1, 0.15) is 24.2 Å². The van der Waals surface area contributed by atoms with Gasteiger partial charge in [0.1, 0.15) is 10.9 Å². The summed E-state index contributed by atoms with van der Waals surface area (Å²) in [4.78, 5) is 23.8. The van der Waals surface area contributed by atoms with E-state index < -0.39 is 0 Å². The summed E-state index contributed by atoms with van der Waals surface area (Å²) in [6.07, 6.45) is 3.28. The van der Waals surface area contributed by atoms with E-state index in [9.17, 15) is 4.79 Å². The molecule has 2 heterocycles. The quantitative estimate of drug-likeness (QED) is 0.474. The van der Waals surface area contributed by atoms with Gasteiger partial charge in [-0.15, -0.1) is 0 Å². The van der Waals surface area contributed by atoms with Crippen molar-refractivity contribution in [2.75, 3.05) is 18.8 Å². The standard InChI is InChI=1S/C23H25N3OS/c1-17-24-21-10-6-5-9-20(21)23(25-17)28-16-22(27)26-13-11-19(12-14-26)15-18-7-3-2-4-8-18/h2-10,19H,11-16H2,1H3. The zero-order valence-corrected chi connectivity index (χ0v) is 17.0. The minimum Gasteiger partial charge on any atom is -0.342 e. The summed E-state index contributed by atoms with van der Waals surface area (Å²) in [6.45, 7) is 3.62. The van der Waals surface area contributed by atoms with Crippen molar-refractivity contribution in [2.24, 2.45) is 5.92 Å². The number of fused-ring (bicyclic) bond motifs is 1. The molecule has 1 amide bonds. The first-order valence-corrected chi connectivity index (χ1v) is 10.9. The Kier molecular flexibility index (Phi) is 5.91. The molecule has 4 rings (SSSR count). The van der Waals surface area contributed by atoms with E-state index in [2.05, 4.69) is 40.3 Å². The number of benzene rings is 2. The molecule has 0 saturated carbocycles. The Morgan fingerprint density at radius 1 is 1.04 bits per heavy atom. The first kappa shape index (κ1) is 18.9. The Labute approximate surface area is 170 Å². The van der Waals surface area contributed by atoms with Gasteiger partial charge in [0.05, 0.1) is 11.3 Å². The smallest absolute Gasteiger partial charge is 0.232 e. The normalized spacial score (nSPS) is 15.1. The van der Waals surface area contributed by atoms with Gasteiger partial charge in [0.25, 0.3) is 0 Å². The number of nitrogens with zero attached hydrogens (tertiary/aromatic N) is 3. The second kappa shape index (κ2) is 8.74. The van der Waals surface area contributed by atoms with Crippen LogP contribution in [0.3, 0.4) is 0 Å². The number of rotatable bonds is 5. The van der Waals surface area contributed by atoms with Gasteiger partial charge in [0.2, 0.25) is 5.91 Å². The third-order valence-corrected chi connectivity index (χ3v) is 6.32. The predicted octanol–water partition coefficient (Wildman–Crippen LogP) is 4.51. The van der Waals surface area contributed by atoms with E-state index in [1.807, 2.05) is 36.1 Å². The van der Waals surface area contributed by atoms with Crippen molar-refractivity contribution in [1.29, 1.82) is 0 Å². The molecule has 0 unspecified atom stereocenters. The maximum Gasteiger partial charge on any atom is 0.232 e. The van der Waals surface area contributed by atoms with Crippen LogP contribution in [0.2, 0.25) is 0 Å². The molecule has 0 aliphatic carbocycles. The highest BCUT2D eigenvalue weighted by Gasteiger charge is 2.23. The van der Waals surface area contributed by atoms with Crippen LogP contribution in [0.5, 0.6) is 0 Å². The van der Waals surface area contributed by atoms with Crippen molar-refractivity contribution in [1.82, 2.24) is 14.9 Å². The molecule has 3 aromatic rings. The number of carbonyl (C=O) groups excluding carboxylic acids is 1. The van der Waals surface area contributed by atoms with E-state index in [-0.39, 0.29) is 5.91 Å². The number of aromatic nitrogens is 2. The summed E-state index contributed by atoms with van der Waals surface area (Å²) in [7, 11) is 0. The number of carbonyl (C=O) groups is 1. The fourth-order valence-corrected chi connectivity index (χ4v) is 4.79. The lowest BCUT2D eigenvalue weighted by Crippen LogP contribution is -2.39. The molecule has 1 aliphatic heterocycles. The molecule has 0 bridgehead atoms. The Hall–Kier alpha value is -2.40. The first-order valence-electron chi connectivity index (χ1n) is 9.87. The molecule has 2 aromatic carbocycles. The monoisotopic (exact) mass is 391 g/mol. The highest BCUT2D eigenvalue weighted by Crippen LogP contribution is 2.27. The number of para-hydroxylation sites is 1. The van der Waals surface area contributed by atoms with Crippen LogP contribution in [0, 0.1) is 12.8 Å². The molecule has 4 nitrogen and oxygen atoms in total. The predicted molar refractivity (Wildman–Crippen MR) is 114 cm³/mol. The van der Waals surface area contributed by atoms with Crippen molar-refractivity contribution in [3.05, 3.63) is 66.0 Å². The summed E-state index contributed by atoms with van der Waals surface area (Å²) in [5, 5.41) is 1.92. The number of hydrogen-bond donors (Lipinski definition) is 0. The van der Waals surface area contributed by atoms with Crippen molar-refractivity contribution in [3.8, 4) is 0 Å². The topological polar surface area (TPSA) is 46.1 Å². The number of piperidine rings is 1. The summed E-state index contributed by atoms with van der Waals surface area (Å²) >= 11 is 1.53. The Bertz CT molecular complexity index is 952. The van der Waals surface area contributed by atoms with Gasteiger partial charge < -0.3 is 4.90 Å². The van der Waals surface area contributed by atoms with Gasteiger partial charge in [-0.3, -0.25) is 4.79 Å².